The Morgan fingerprint density at radius 3 is 2.11 bits per heavy atom. The molecule has 2 heterocycles. The molecular formula is C49H76N6O11. The molecule has 368 valence electrons. The van der Waals surface area contributed by atoms with E-state index in [1.165, 1.54) is 35.9 Å². The number of hydrogen-bond donors (Lipinski definition) is 5. The SMILES string of the molecule is CCC(C)C(=O)C[C@@H](CCC(N)=O)C(=O)N[C@@H]1C(=O)N[C@@H](CC(C)C)C(=O)N2CCC[C@H]2C(=O)C[C@@H](C(C)CC)C(=O)N(C)[C@@H](Cc2ccc(O)cc2)C(=O)N[C@@H](C(C)CC)C(=O)O[C@@H]1C. The van der Waals surface area contributed by atoms with Crippen LogP contribution in [0.15, 0.2) is 24.3 Å². The number of fused-ring (bicyclic) bond motifs is 1. The number of phenolic OH excluding ortho intramolecular Hbond substituents is 1. The normalized spacial score (nSPS) is 25.9. The average molecular weight is 925 g/mol. The minimum Gasteiger partial charge on any atom is -0.508 e. The number of nitrogens with two attached hydrogens (primary N) is 1. The van der Waals surface area contributed by atoms with E-state index in [4.69, 9.17) is 10.5 Å². The van der Waals surface area contributed by atoms with Crippen molar-refractivity contribution in [2.24, 2.45) is 41.2 Å². The number of ether oxygens (including phenoxy) is 1. The summed E-state index contributed by atoms with van der Waals surface area (Å²) in [5.74, 6) is -8.91. The minimum atomic E-state index is -1.65. The van der Waals surface area contributed by atoms with Crippen molar-refractivity contribution in [3.05, 3.63) is 29.8 Å². The van der Waals surface area contributed by atoms with Gasteiger partial charge in [0.15, 0.2) is 5.78 Å². The molecule has 1 aromatic carbocycles. The Bertz CT molecular complexity index is 1890. The molecule has 2 aliphatic heterocycles. The van der Waals surface area contributed by atoms with Crippen LogP contribution in [0.2, 0.25) is 0 Å². The second-order valence-corrected chi connectivity index (χ2v) is 19.1. The first kappa shape index (κ1) is 55.0. The highest BCUT2D eigenvalue weighted by atomic mass is 16.5. The number of rotatable bonds is 17. The number of esters is 1. The number of Topliss-reactive ketones (excluding diaryl/α,β-unsaturated/α-hetero) is 2. The third kappa shape index (κ3) is 15.1. The molecule has 2 aliphatic rings. The van der Waals surface area contributed by atoms with Gasteiger partial charge in [0.25, 0.3) is 0 Å². The third-order valence-corrected chi connectivity index (χ3v) is 13.6. The molecule has 66 heavy (non-hydrogen) atoms. The van der Waals surface area contributed by atoms with Crippen LogP contribution >= 0.6 is 0 Å². The zero-order valence-electron chi connectivity index (χ0n) is 40.7. The van der Waals surface area contributed by atoms with Gasteiger partial charge in [-0.15, -0.1) is 0 Å². The van der Waals surface area contributed by atoms with E-state index >= 15 is 0 Å². The van der Waals surface area contributed by atoms with Crippen molar-refractivity contribution in [3.63, 3.8) is 0 Å². The number of ketones is 2. The van der Waals surface area contributed by atoms with Gasteiger partial charge >= 0.3 is 5.97 Å². The molecule has 6 amide bonds. The van der Waals surface area contributed by atoms with Crippen LogP contribution in [0.5, 0.6) is 5.75 Å². The number of hydrogen-bond acceptors (Lipinski definition) is 11. The molecule has 2 saturated heterocycles. The summed E-state index contributed by atoms with van der Waals surface area (Å²) >= 11 is 0. The zero-order valence-corrected chi connectivity index (χ0v) is 40.7. The van der Waals surface area contributed by atoms with E-state index in [1.807, 2.05) is 34.6 Å². The fraction of sp³-hybridized carbons (Fsp3) is 0.694. The van der Waals surface area contributed by atoms with E-state index < -0.39 is 101 Å². The maximum Gasteiger partial charge on any atom is 0.329 e. The first-order chi connectivity index (χ1) is 31.0. The van der Waals surface area contributed by atoms with Gasteiger partial charge in [-0.1, -0.05) is 80.4 Å². The molecule has 0 bridgehead atoms. The van der Waals surface area contributed by atoms with Crippen molar-refractivity contribution in [2.45, 2.75) is 169 Å². The topological polar surface area (TPSA) is 252 Å². The lowest BCUT2D eigenvalue weighted by atomic mass is 9.84. The molecular weight excluding hydrogens is 849 g/mol. The summed E-state index contributed by atoms with van der Waals surface area (Å²) < 4.78 is 5.98. The van der Waals surface area contributed by atoms with Crippen molar-refractivity contribution in [3.8, 4) is 5.75 Å². The fourth-order valence-electron chi connectivity index (χ4n) is 8.59. The molecule has 0 radical (unpaired) electrons. The number of carbonyl (C=O) groups is 9. The summed E-state index contributed by atoms with van der Waals surface area (Å²) in [6.07, 6.45) is 0.129. The number of benzene rings is 1. The van der Waals surface area contributed by atoms with Crippen LogP contribution in [0.4, 0.5) is 0 Å². The summed E-state index contributed by atoms with van der Waals surface area (Å²) in [4.78, 5) is 129. The van der Waals surface area contributed by atoms with Gasteiger partial charge in [0.05, 0.1) is 6.04 Å². The average Bonchev–Trinajstić information content (AvgIpc) is 3.78. The van der Waals surface area contributed by atoms with Gasteiger partial charge in [0.1, 0.15) is 41.8 Å². The Kier molecular flexibility index (Phi) is 21.3. The summed E-state index contributed by atoms with van der Waals surface area (Å²) in [5.41, 5.74) is 6.04. The first-order valence-electron chi connectivity index (χ1n) is 23.8. The molecule has 0 aliphatic carbocycles. The van der Waals surface area contributed by atoms with Crippen molar-refractivity contribution < 1.29 is 53.0 Å². The standard InChI is InChI=1S/C49H76N6O11/c1-11-28(6)35-26-40(58)37-15-14-22-55(37)48(64)36(23-27(4)5)51-46(62)43(53-44(60)33(18-21-41(50)59)25-39(57)29(7)12-2)31(9)66-49(65)42(30(8)13-3)52-45(61)38(54(10)47(35)63)24-32-16-19-34(56)20-17-32/h16-17,19-20,27-31,33,35-38,42-43,56H,11-15,18,21-26H2,1-10H3,(H2,50,59)(H,51,62)(H,52,61)(H,53,60)/t28?,29?,30?,31-,33-,35+,36+,37+,38+,42+,43+/m1/s1. The number of aromatic hydroxyl groups is 1. The second kappa shape index (κ2) is 25.5. The van der Waals surface area contributed by atoms with Crippen molar-refractivity contribution in [1.82, 2.24) is 25.8 Å². The minimum absolute atomic E-state index is 0.00362. The number of amides is 6. The van der Waals surface area contributed by atoms with E-state index in [1.54, 1.807) is 32.9 Å². The summed E-state index contributed by atoms with van der Waals surface area (Å²) in [6, 6.07) is -0.114. The molecule has 1 aromatic rings. The Balaban J connectivity index is 2.24. The lowest BCUT2D eigenvalue weighted by molar-refractivity contribution is -0.158. The van der Waals surface area contributed by atoms with Crippen molar-refractivity contribution in [2.75, 3.05) is 13.6 Å². The quantitative estimate of drug-likeness (QED) is 0.141. The largest absolute Gasteiger partial charge is 0.508 e. The number of phenols is 1. The summed E-state index contributed by atoms with van der Waals surface area (Å²) in [6.45, 7) is 16.1. The molecule has 0 aromatic heterocycles. The lowest BCUT2D eigenvalue weighted by Crippen LogP contribution is -2.60. The van der Waals surface area contributed by atoms with E-state index in [2.05, 4.69) is 16.0 Å². The van der Waals surface area contributed by atoms with Crippen LogP contribution in [0.3, 0.4) is 0 Å². The highest BCUT2D eigenvalue weighted by molar-refractivity contribution is 5.98. The van der Waals surface area contributed by atoms with E-state index in [0.717, 1.165) is 0 Å². The number of nitrogens with one attached hydrogen (secondary N) is 3. The van der Waals surface area contributed by atoms with Gasteiger partial charge in [-0.2, -0.15) is 0 Å². The number of carbonyl (C=O) groups excluding carboxylic acids is 9. The predicted octanol–water partition coefficient (Wildman–Crippen LogP) is 3.75. The van der Waals surface area contributed by atoms with E-state index in [0.29, 0.717) is 37.7 Å². The summed E-state index contributed by atoms with van der Waals surface area (Å²) in [5, 5.41) is 18.3. The van der Waals surface area contributed by atoms with E-state index in [9.17, 15) is 48.3 Å². The van der Waals surface area contributed by atoms with Crippen LogP contribution in [0, 0.1) is 35.5 Å². The van der Waals surface area contributed by atoms with Gasteiger partial charge in [-0.05, 0) is 74.5 Å². The smallest absolute Gasteiger partial charge is 0.329 e. The van der Waals surface area contributed by atoms with Crippen LogP contribution in [-0.4, -0.2) is 118 Å². The van der Waals surface area contributed by atoms with Crippen LogP contribution in [-0.2, 0) is 54.3 Å². The molecule has 2 fully saturated rings. The van der Waals surface area contributed by atoms with E-state index in [-0.39, 0.29) is 74.2 Å². The number of primary amides is 1. The van der Waals surface area contributed by atoms with Gasteiger partial charge in [-0.3, -0.25) is 38.4 Å². The maximum atomic E-state index is 14.7. The number of likely N-dealkylation sites (N-methyl/N-ethyl adjacent to an activating group) is 1. The van der Waals surface area contributed by atoms with Crippen molar-refractivity contribution in [1.29, 1.82) is 0 Å². The molecule has 0 spiro atoms. The maximum absolute atomic E-state index is 14.7. The molecule has 0 saturated carbocycles. The molecule has 3 unspecified atom stereocenters. The Labute approximate surface area is 390 Å². The highest BCUT2D eigenvalue weighted by Crippen LogP contribution is 2.29. The Morgan fingerprint density at radius 2 is 1.53 bits per heavy atom. The molecule has 17 heteroatoms. The third-order valence-electron chi connectivity index (χ3n) is 13.6. The fourth-order valence-corrected chi connectivity index (χ4v) is 8.59. The second-order valence-electron chi connectivity index (χ2n) is 19.1. The molecule has 3 rings (SSSR count). The number of nitrogens with zero attached hydrogens (tertiary/aromatic N) is 2. The van der Waals surface area contributed by atoms with Gasteiger partial charge in [0.2, 0.25) is 35.4 Å². The van der Waals surface area contributed by atoms with Gasteiger partial charge in [-0.25, -0.2) is 4.79 Å². The Hall–Kier alpha value is -5.35. The van der Waals surface area contributed by atoms with Gasteiger partial charge in [0, 0.05) is 57.0 Å². The van der Waals surface area contributed by atoms with Crippen LogP contribution in [0.25, 0.3) is 0 Å². The molecule has 11 atom stereocenters. The van der Waals surface area contributed by atoms with Crippen LogP contribution < -0.4 is 21.7 Å². The zero-order chi connectivity index (χ0) is 49.6. The van der Waals surface area contributed by atoms with Crippen molar-refractivity contribution >= 4 is 53.0 Å². The lowest BCUT2D eigenvalue weighted by Gasteiger charge is -2.35. The van der Waals surface area contributed by atoms with Gasteiger partial charge < -0.3 is 41.3 Å². The monoisotopic (exact) mass is 925 g/mol. The molecule has 6 N–H and O–H groups in total. The number of cyclic esters (lactones) is 1. The highest BCUT2D eigenvalue weighted by Gasteiger charge is 2.44. The van der Waals surface area contributed by atoms with Crippen LogP contribution in [0.1, 0.15) is 132 Å². The predicted molar refractivity (Wildman–Crippen MR) is 247 cm³/mol. The Morgan fingerprint density at radius 1 is 0.894 bits per heavy atom. The molecule has 17 nitrogen and oxygen atoms in total. The summed E-state index contributed by atoms with van der Waals surface area (Å²) in [7, 11) is 1.48. The first-order valence-corrected chi connectivity index (χ1v) is 23.8.